The summed E-state index contributed by atoms with van der Waals surface area (Å²) in [4.78, 5) is 20.3. The van der Waals surface area contributed by atoms with E-state index in [2.05, 4.69) is 23.7 Å². The van der Waals surface area contributed by atoms with Crippen LogP contribution < -0.4 is 15.0 Å². The molecule has 0 saturated carbocycles. The van der Waals surface area contributed by atoms with Gasteiger partial charge in [0.15, 0.2) is 23.0 Å². The van der Waals surface area contributed by atoms with E-state index in [4.69, 9.17) is 9.47 Å². The fraction of sp³-hybridized carbons (Fsp3) is 0.333. The van der Waals surface area contributed by atoms with Gasteiger partial charge in [0, 0.05) is 47.6 Å². The number of ether oxygens (including phenoxy) is 2. The minimum atomic E-state index is -0.266. The molecule has 0 spiro atoms. The molecule has 0 atom stereocenters. The lowest BCUT2D eigenvalue weighted by Crippen LogP contribution is -2.33. The summed E-state index contributed by atoms with van der Waals surface area (Å²) < 4.78 is 12.6. The highest BCUT2D eigenvalue weighted by Gasteiger charge is 2.19. The highest BCUT2D eigenvalue weighted by Crippen LogP contribution is 2.37. The number of rotatable bonds is 6. The Morgan fingerprint density at radius 2 is 1.59 bits per heavy atom. The van der Waals surface area contributed by atoms with Crippen molar-refractivity contribution >= 4 is 32.6 Å². The van der Waals surface area contributed by atoms with E-state index in [-0.39, 0.29) is 17.1 Å². The summed E-state index contributed by atoms with van der Waals surface area (Å²) in [5.41, 5.74) is 0.954. The molecule has 8 nitrogen and oxygen atoms in total. The van der Waals surface area contributed by atoms with Gasteiger partial charge in [-0.25, -0.2) is 0 Å². The largest absolute Gasteiger partial charge is 0.504 e. The Morgan fingerprint density at radius 1 is 0.969 bits per heavy atom. The number of benzene rings is 2. The Balaban J connectivity index is 2.14. The smallest absolute Gasteiger partial charge is 0.259 e. The average Bonchev–Trinajstić information content (AvgIpc) is 2.78. The zero-order chi connectivity index (χ0) is 23.2. The molecule has 0 aliphatic heterocycles. The molecule has 168 valence electrons. The quantitative estimate of drug-likeness (QED) is 0.352. The zero-order valence-corrected chi connectivity index (χ0v) is 18.8. The van der Waals surface area contributed by atoms with E-state index in [1.54, 1.807) is 30.0 Å². The molecule has 2 aromatic heterocycles. The van der Waals surface area contributed by atoms with Gasteiger partial charge in [-0.2, -0.15) is 0 Å². The van der Waals surface area contributed by atoms with Crippen LogP contribution in [0.15, 0.2) is 35.3 Å². The molecular weight excluding hydrogens is 410 g/mol. The van der Waals surface area contributed by atoms with Crippen molar-refractivity contribution in [1.82, 2.24) is 14.5 Å². The van der Waals surface area contributed by atoms with Gasteiger partial charge < -0.3 is 29.2 Å². The fourth-order valence-electron chi connectivity index (χ4n) is 3.95. The molecule has 0 bridgehead atoms. The molecule has 2 aromatic carbocycles. The lowest BCUT2D eigenvalue weighted by atomic mass is 10.0. The number of aromatic nitrogens is 2. The minimum absolute atomic E-state index is 0.175. The standard InChI is InChI=1S/C24H27N3O5/c1-13(2)26(3)6-7-27-23-16-8-19(28)20(29)11-18(16)25-12-17(23)14-9-21(31-4)22(32-5)10-15(14)24(27)30/h8-13,28-29H,6-7H2,1-5H3. The summed E-state index contributed by atoms with van der Waals surface area (Å²) in [7, 11) is 5.09. The van der Waals surface area contributed by atoms with Crippen LogP contribution in [0.25, 0.3) is 32.6 Å². The van der Waals surface area contributed by atoms with E-state index in [1.807, 2.05) is 7.05 Å². The minimum Gasteiger partial charge on any atom is -0.504 e. The van der Waals surface area contributed by atoms with E-state index in [0.29, 0.717) is 57.8 Å². The first-order chi connectivity index (χ1) is 15.3. The van der Waals surface area contributed by atoms with Crippen LogP contribution in [0.4, 0.5) is 0 Å². The van der Waals surface area contributed by atoms with Crippen LogP contribution in [-0.4, -0.2) is 58.5 Å². The summed E-state index contributed by atoms with van der Waals surface area (Å²) in [6.07, 6.45) is 1.69. The Hall–Kier alpha value is -3.52. The monoisotopic (exact) mass is 437 g/mol. The van der Waals surface area contributed by atoms with Gasteiger partial charge in [0.2, 0.25) is 0 Å². The normalized spacial score (nSPS) is 11.8. The molecule has 2 N–H and O–H groups in total. The van der Waals surface area contributed by atoms with Crippen LogP contribution in [0.2, 0.25) is 0 Å². The lowest BCUT2D eigenvalue weighted by Gasteiger charge is -2.23. The second-order valence-corrected chi connectivity index (χ2v) is 8.16. The molecule has 0 unspecified atom stereocenters. The van der Waals surface area contributed by atoms with Gasteiger partial charge in [0.25, 0.3) is 5.56 Å². The predicted octanol–water partition coefficient (Wildman–Crippen LogP) is 3.47. The number of methoxy groups -OCH3 is 2. The maximum absolute atomic E-state index is 13.7. The number of hydrogen-bond donors (Lipinski definition) is 2. The number of nitrogens with zero attached hydrogens (tertiary/aromatic N) is 3. The first kappa shape index (κ1) is 21.7. The number of likely N-dealkylation sites (N-methyl/N-ethyl adjacent to an activating group) is 1. The summed E-state index contributed by atoms with van der Waals surface area (Å²) in [5.74, 6) is 0.452. The molecule has 0 fully saturated rings. The topological polar surface area (TPSA) is 97.1 Å². The van der Waals surface area contributed by atoms with Crippen molar-refractivity contribution in [1.29, 1.82) is 0 Å². The number of pyridine rings is 2. The van der Waals surface area contributed by atoms with Crippen molar-refractivity contribution in [3.05, 3.63) is 40.8 Å². The highest BCUT2D eigenvalue weighted by atomic mass is 16.5. The fourth-order valence-corrected chi connectivity index (χ4v) is 3.95. The third-order valence-electron chi connectivity index (χ3n) is 6.05. The third kappa shape index (κ3) is 3.46. The van der Waals surface area contributed by atoms with Crippen molar-refractivity contribution in [2.45, 2.75) is 26.4 Å². The molecular formula is C24H27N3O5. The van der Waals surface area contributed by atoms with Gasteiger partial charge in [0.05, 0.1) is 30.6 Å². The van der Waals surface area contributed by atoms with Crippen LogP contribution in [0.5, 0.6) is 23.0 Å². The van der Waals surface area contributed by atoms with Gasteiger partial charge in [-0.3, -0.25) is 9.78 Å². The number of phenols is 2. The third-order valence-corrected chi connectivity index (χ3v) is 6.05. The van der Waals surface area contributed by atoms with E-state index in [9.17, 15) is 15.0 Å². The molecule has 32 heavy (non-hydrogen) atoms. The van der Waals surface area contributed by atoms with E-state index in [1.165, 1.54) is 19.2 Å². The Morgan fingerprint density at radius 3 is 2.22 bits per heavy atom. The Kier molecular flexibility index (Phi) is 5.56. The number of aromatic hydroxyl groups is 2. The molecule has 0 amide bonds. The summed E-state index contributed by atoms with van der Waals surface area (Å²) in [5, 5.41) is 22.6. The summed E-state index contributed by atoms with van der Waals surface area (Å²) in [6, 6.07) is 6.64. The van der Waals surface area contributed by atoms with Crippen molar-refractivity contribution in [2.75, 3.05) is 27.8 Å². The molecule has 0 saturated heterocycles. The predicted molar refractivity (Wildman–Crippen MR) is 125 cm³/mol. The first-order valence-electron chi connectivity index (χ1n) is 10.4. The van der Waals surface area contributed by atoms with Crippen LogP contribution in [-0.2, 0) is 6.54 Å². The van der Waals surface area contributed by atoms with Gasteiger partial charge in [-0.05, 0) is 39.1 Å². The van der Waals surface area contributed by atoms with Gasteiger partial charge in [-0.15, -0.1) is 0 Å². The molecule has 4 aromatic rings. The van der Waals surface area contributed by atoms with Crippen molar-refractivity contribution in [3.8, 4) is 23.0 Å². The van der Waals surface area contributed by atoms with Gasteiger partial charge >= 0.3 is 0 Å². The Labute approximate surface area is 185 Å². The van der Waals surface area contributed by atoms with Crippen molar-refractivity contribution in [2.24, 2.45) is 0 Å². The summed E-state index contributed by atoms with van der Waals surface area (Å²) >= 11 is 0. The van der Waals surface area contributed by atoms with Crippen molar-refractivity contribution in [3.63, 3.8) is 0 Å². The van der Waals surface area contributed by atoms with Gasteiger partial charge in [0.1, 0.15) is 0 Å². The highest BCUT2D eigenvalue weighted by molar-refractivity contribution is 6.15. The first-order valence-corrected chi connectivity index (χ1v) is 10.4. The van der Waals surface area contributed by atoms with Crippen LogP contribution in [0.3, 0.4) is 0 Å². The molecule has 2 heterocycles. The van der Waals surface area contributed by atoms with Crippen LogP contribution in [0.1, 0.15) is 13.8 Å². The van der Waals surface area contributed by atoms with Crippen molar-refractivity contribution < 1.29 is 19.7 Å². The maximum Gasteiger partial charge on any atom is 0.259 e. The summed E-state index contributed by atoms with van der Waals surface area (Å²) in [6.45, 7) is 5.28. The van der Waals surface area contributed by atoms with Crippen LogP contribution in [0, 0.1) is 0 Å². The van der Waals surface area contributed by atoms with Gasteiger partial charge in [-0.1, -0.05) is 0 Å². The second kappa shape index (κ2) is 8.20. The molecule has 8 heteroatoms. The molecule has 0 radical (unpaired) electrons. The van der Waals surface area contributed by atoms with E-state index in [0.717, 1.165) is 5.39 Å². The molecule has 4 rings (SSSR count). The second-order valence-electron chi connectivity index (χ2n) is 8.16. The molecule has 0 aliphatic rings. The zero-order valence-electron chi connectivity index (χ0n) is 18.8. The average molecular weight is 437 g/mol. The molecule has 0 aliphatic carbocycles. The van der Waals surface area contributed by atoms with E-state index >= 15 is 0 Å². The maximum atomic E-state index is 13.7. The SMILES string of the molecule is COc1cc2c(=O)n(CCN(C)C(C)C)c3c4cc(O)c(O)cc4ncc3c2cc1OC. The number of phenolic OH excluding ortho intramolecular Hbond substituents is 2. The van der Waals surface area contributed by atoms with E-state index < -0.39 is 0 Å². The van der Waals surface area contributed by atoms with Crippen LogP contribution >= 0.6 is 0 Å². The lowest BCUT2D eigenvalue weighted by molar-refractivity contribution is 0.263. The Bertz CT molecular complexity index is 1390. The number of fused-ring (bicyclic) bond motifs is 5. The number of hydrogen-bond acceptors (Lipinski definition) is 7.